The summed E-state index contributed by atoms with van der Waals surface area (Å²) >= 11 is 0. The Hall–Kier alpha value is -1.51. The van der Waals surface area contributed by atoms with Crippen molar-refractivity contribution in [1.82, 2.24) is 0 Å². The van der Waals surface area contributed by atoms with Crippen molar-refractivity contribution in [1.29, 1.82) is 0 Å². The SMILES string of the molecule is CC(=O)c1cc([O-])c(C(=O)c2ccccc2)cc1S(=O)(=O)O.[Na+]. The van der Waals surface area contributed by atoms with E-state index in [1.807, 2.05) is 0 Å². The number of carbonyl (C=O) groups is 2. The van der Waals surface area contributed by atoms with Crippen molar-refractivity contribution in [2.75, 3.05) is 0 Å². The summed E-state index contributed by atoms with van der Waals surface area (Å²) in [5, 5.41) is 12.0. The fraction of sp³-hybridized carbons (Fsp3) is 0.0667. The maximum atomic E-state index is 12.3. The molecule has 0 aromatic heterocycles. The van der Waals surface area contributed by atoms with E-state index in [0.29, 0.717) is 0 Å². The number of benzene rings is 2. The van der Waals surface area contributed by atoms with E-state index >= 15 is 0 Å². The van der Waals surface area contributed by atoms with Crippen LogP contribution in [0.5, 0.6) is 5.75 Å². The molecule has 0 saturated carbocycles. The quantitative estimate of drug-likeness (QED) is 0.409. The molecule has 0 spiro atoms. The molecule has 0 bridgehead atoms. The van der Waals surface area contributed by atoms with Crippen molar-refractivity contribution < 1.29 is 57.2 Å². The number of hydrogen-bond acceptors (Lipinski definition) is 5. The van der Waals surface area contributed by atoms with E-state index in [4.69, 9.17) is 0 Å². The Kier molecular flexibility index (Phi) is 6.26. The first-order chi connectivity index (χ1) is 10.2. The van der Waals surface area contributed by atoms with E-state index in [0.717, 1.165) is 19.1 Å². The average Bonchev–Trinajstić information content (AvgIpc) is 2.45. The van der Waals surface area contributed by atoms with Crippen LogP contribution < -0.4 is 34.7 Å². The van der Waals surface area contributed by atoms with Gasteiger partial charge in [0, 0.05) is 16.7 Å². The van der Waals surface area contributed by atoms with Crippen LogP contribution in [-0.2, 0) is 10.1 Å². The summed E-state index contributed by atoms with van der Waals surface area (Å²) in [5.74, 6) is -2.18. The van der Waals surface area contributed by atoms with E-state index in [1.54, 1.807) is 18.2 Å². The zero-order valence-electron chi connectivity index (χ0n) is 12.4. The molecular formula is C15H11NaO6S. The molecule has 0 atom stereocenters. The molecule has 2 aromatic carbocycles. The molecule has 2 aromatic rings. The van der Waals surface area contributed by atoms with Crippen LogP contribution in [-0.4, -0.2) is 24.5 Å². The molecule has 0 unspecified atom stereocenters. The van der Waals surface area contributed by atoms with E-state index in [2.05, 4.69) is 0 Å². The molecule has 0 heterocycles. The zero-order valence-corrected chi connectivity index (χ0v) is 15.3. The van der Waals surface area contributed by atoms with E-state index in [9.17, 15) is 27.7 Å². The summed E-state index contributed by atoms with van der Waals surface area (Å²) in [7, 11) is -4.75. The Labute approximate surface area is 155 Å². The van der Waals surface area contributed by atoms with Crippen LogP contribution in [0.3, 0.4) is 0 Å². The predicted octanol–water partition coefficient (Wildman–Crippen LogP) is -1.56. The summed E-state index contributed by atoms with van der Waals surface area (Å²) in [6.45, 7) is 1.06. The Bertz CT molecular complexity index is 859. The maximum absolute atomic E-state index is 12.3. The third-order valence-corrected chi connectivity index (χ3v) is 3.91. The van der Waals surface area contributed by atoms with Crippen molar-refractivity contribution in [3.05, 3.63) is 59.2 Å². The summed E-state index contributed by atoms with van der Waals surface area (Å²) in [5.41, 5.74) is -0.683. The van der Waals surface area contributed by atoms with Crippen LogP contribution in [0.25, 0.3) is 0 Å². The summed E-state index contributed by atoms with van der Waals surface area (Å²) in [6, 6.07) is 9.28. The van der Waals surface area contributed by atoms with E-state index < -0.39 is 43.5 Å². The Morgan fingerprint density at radius 2 is 1.61 bits per heavy atom. The average molecular weight is 342 g/mol. The summed E-state index contributed by atoms with van der Waals surface area (Å²) < 4.78 is 31.9. The molecule has 0 amide bonds. The normalized spacial score (nSPS) is 10.7. The van der Waals surface area contributed by atoms with Gasteiger partial charge in [0.25, 0.3) is 10.1 Å². The molecule has 23 heavy (non-hydrogen) atoms. The molecule has 0 aliphatic carbocycles. The third-order valence-electron chi connectivity index (χ3n) is 3.02. The Morgan fingerprint density at radius 1 is 1.04 bits per heavy atom. The van der Waals surface area contributed by atoms with Gasteiger partial charge in [-0.25, -0.2) is 0 Å². The molecule has 2 rings (SSSR count). The molecule has 6 nitrogen and oxygen atoms in total. The van der Waals surface area contributed by atoms with Crippen molar-refractivity contribution >= 4 is 21.7 Å². The second-order valence-electron chi connectivity index (χ2n) is 4.57. The molecule has 0 aliphatic rings. The molecule has 0 fully saturated rings. The Morgan fingerprint density at radius 3 is 2.09 bits per heavy atom. The molecular weight excluding hydrogens is 331 g/mol. The van der Waals surface area contributed by atoms with Gasteiger partial charge in [-0.05, 0) is 13.0 Å². The van der Waals surface area contributed by atoms with Gasteiger partial charge in [-0.1, -0.05) is 42.1 Å². The minimum atomic E-state index is -4.75. The van der Waals surface area contributed by atoms with Gasteiger partial charge in [-0.2, -0.15) is 8.42 Å². The van der Waals surface area contributed by atoms with Crippen molar-refractivity contribution in [2.45, 2.75) is 11.8 Å². The number of hydrogen-bond donors (Lipinski definition) is 1. The van der Waals surface area contributed by atoms with Crippen LogP contribution in [0.15, 0.2) is 47.4 Å². The van der Waals surface area contributed by atoms with Crippen LogP contribution in [0.1, 0.15) is 33.2 Å². The summed E-state index contributed by atoms with van der Waals surface area (Å²) in [4.78, 5) is 22.9. The number of ketones is 2. The van der Waals surface area contributed by atoms with Gasteiger partial charge >= 0.3 is 29.6 Å². The number of rotatable bonds is 4. The van der Waals surface area contributed by atoms with Gasteiger partial charge in [-0.3, -0.25) is 14.1 Å². The second-order valence-corrected chi connectivity index (χ2v) is 5.96. The smallest absolute Gasteiger partial charge is 0.872 e. The molecule has 1 N–H and O–H groups in total. The van der Waals surface area contributed by atoms with Crippen LogP contribution in [0.2, 0.25) is 0 Å². The van der Waals surface area contributed by atoms with Crippen LogP contribution >= 0.6 is 0 Å². The molecule has 0 radical (unpaired) electrons. The molecule has 8 heteroatoms. The molecule has 114 valence electrons. The fourth-order valence-corrected chi connectivity index (χ4v) is 2.72. The van der Waals surface area contributed by atoms with Gasteiger partial charge in [0.1, 0.15) is 4.90 Å². The van der Waals surface area contributed by atoms with Crippen LogP contribution in [0.4, 0.5) is 0 Å². The largest absolute Gasteiger partial charge is 1.00 e. The van der Waals surface area contributed by atoms with E-state index in [-0.39, 0.29) is 35.1 Å². The summed E-state index contributed by atoms with van der Waals surface area (Å²) in [6.07, 6.45) is 0. The minimum absolute atomic E-state index is 0. The molecule has 0 aliphatic heterocycles. The first kappa shape index (κ1) is 19.5. The maximum Gasteiger partial charge on any atom is 1.00 e. The van der Waals surface area contributed by atoms with Crippen molar-refractivity contribution in [3.63, 3.8) is 0 Å². The zero-order chi connectivity index (χ0) is 16.5. The van der Waals surface area contributed by atoms with Gasteiger partial charge < -0.3 is 5.11 Å². The van der Waals surface area contributed by atoms with Gasteiger partial charge in [0.2, 0.25) is 0 Å². The topological polar surface area (TPSA) is 112 Å². The fourth-order valence-electron chi connectivity index (χ4n) is 1.97. The minimum Gasteiger partial charge on any atom is -0.872 e. The molecule has 0 saturated heterocycles. The van der Waals surface area contributed by atoms with E-state index in [1.165, 1.54) is 12.1 Å². The number of Topliss-reactive ketones (excluding diaryl/α,β-unsaturated/α-hetero) is 1. The predicted molar refractivity (Wildman–Crippen MR) is 75.6 cm³/mol. The van der Waals surface area contributed by atoms with Gasteiger partial charge in [0.15, 0.2) is 11.6 Å². The van der Waals surface area contributed by atoms with Crippen molar-refractivity contribution in [3.8, 4) is 5.75 Å². The second kappa shape index (κ2) is 7.37. The Balaban J connectivity index is 0.00000264. The van der Waals surface area contributed by atoms with Gasteiger partial charge in [0.05, 0.1) is 0 Å². The first-order valence-electron chi connectivity index (χ1n) is 6.15. The van der Waals surface area contributed by atoms with Crippen LogP contribution in [0, 0.1) is 0 Å². The number of carbonyl (C=O) groups excluding carboxylic acids is 2. The monoisotopic (exact) mass is 342 g/mol. The standard InChI is InChI=1S/C15H12O6S.Na/c1-9(16)11-7-13(17)12(8-14(11)22(19,20)21)15(18)10-5-3-2-4-6-10;/h2-8,17H,1H3,(H,19,20,21);/q;+1/p-1. The third kappa shape index (κ3) is 4.27. The van der Waals surface area contributed by atoms with Crippen molar-refractivity contribution in [2.24, 2.45) is 0 Å². The first-order valence-corrected chi connectivity index (χ1v) is 7.59. The van der Waals surface area contributed by atoms with Gasteiger partial charge in [-0.15, -0.1) is 0 Å².